The highest BCUT2D eigenvalue weighted by Gasteiger charge is 2.25. The molecule has 3 aliphatic rings. The number of carbonyl (C=O) groups is 2. The molecule has 32 heavy (non-hydrogen) atoms. The van der Waals surface area contributed by atoms with Crippen LogP contribution in [-0.4, -0.2) is 72.6 Å². The van der Waals surface area contributed by atoms with Crippen molar-refractivity contribution in [2.75, 3.05) is 45.9 Å². The number of rotatable bonds is 6. The Morgan fingerprint density at radius 3 is 2.56 bits per heavy atom. The number of hydrogen-bond acceptors (Lipinski definition) is 6. The van der Waals surface area contributed by atoms with Gasteiger partial charge in [0, 0.05) is 59.2 Å². The number of carbonyl (C=O) groups excluding carboxylic acids is 2. The minimum absolute atomic E-state index is 0. The van der Waals surface area contributed by atoms with E-state index in [1.807, 2.05) is 0 Å². The molecule has 0 radical (unpaired) electrons. The summed E-state index contributed by atoms with van der Waals surface area (Å²) in [6.45, 7) is 4.27. The Morgan fingerprint density at radius 2 is 1.88 bits per heavy atom. The SMILES string of the molecule is O=C(NC1=CNCCN1)N1CCN(C(=O)c2ccc(OCCC3CCCCC3)nc2)CC1.[HH]. The van der Waals surface area contributed by atoms with Crippen molar-refractivity contribution in [1.82, 2.24) is 30.7 Å². The lowest BCUT2D eigenvalue weighted by molar-refractivity contribution is 0.0665. The summed E-state index contributed by atoms with van der Waals surface area (Å²) in [4.78, 5) is 33.1. The van der Waals surface area contributed by atoms with Crippen LogP contribution in [0.5, 0.6) is 5.88 Å². The molecule has 0 atom stereocenters. The fourth-order valence-electron chi connectivity index (χ4n) is 4.46. The molecule has 1 aliphatic carbocycles. The average Bonchev–Trinajstić information content (AvgIpc) is 2.85. The molecule has 3 heterocycles. The molecule has 0 spiro atoms. The lowest BCUT2D eigenvalue weighted by atomic mass is 9.87. The van der Waals surface area contributed by atoms with Gasteiger partial charge in [-0.2, -0.15) is 0 Å². The predicted octanol–water partition coefficient (Wildman–Crippen LogP) is 2.14. The lowest BCUT2D eigenvalue weighted by Crippen LogP contribution is -2.54. The third-order valence-corrected chi connectivity index (χ3v) is 6.41. The van der Waals surface area contributed by atoms with Crippen LogP contribution in [0.15, 0.2) is 30.4 Å². The zero-order chi connectivity index (χ0) is 22.2. The maximum Gasteiger partial charge on any atom is 0.323 e. The molecule has 4 rings (SSSR count). The van der Waals surface area contributed by atoms with Gasteiger partial charge in [0.2, 0.25) is 5.88 Å². The first-order valence-corrected chi connectivity index (χ1v) is 11.8. The normalized spacial score (nSPS) is 19.4. The fourth-order valence-corrected chi connectivity index (χ4v) is 4.46. The lowest BCUT2D eigenvalue weighted by Gasteiger charge is -2.35. The molecule has 1 aromatic heterocycles. The van der Waals surface area contributed by atoms with Gasteiger partial charge in [-0.3, -0.25) is 10.1 Å². The summed E-state index contributed by atoms with van der Waals surface area (Å²) in [6, 6.07) is 3.39. The van der Waals surface area contributed by atoms with Crippen LogP contribution in [0, 0.1) is 5.92 Å². The van der Waals surface area contributed by atoms with E-state index in [9.17, 15) is 9.59 Å². The van der Waals surface area contributed by atoms with Crippen molar-refractivity contribution in [2.24, 2.45) is 5.92 Å². The van der Waals surface area contributed by atoms with Gasteiger partial charge < -0.3 is 25.2 Å². The van der Waals surface area contributed by atoms with E-state index < -0.39 is 0 Å². The minimum atomic E-state index is -0.157. The molecule has 2 fully saturated rings. The third-order valence-electron chi connectivity index (χ3n) is 6.41. The van der Waals surface area contributed by atoms with Crippen LogP contribution in [-0.2, 0) is 0 Å². The molecule has 0 bridgehead atoms. The Hall–Kier alpha value is -2.97. The van der Waals surface area contributed by atoms with Gasteiger partial charge in [0.05, 0.1) is 12.2 Å². The Bertz CT molecular complexity index is 805. The van der Waals surface area contributed by atoms with Gasteiger partial charge in [0.15, 0.2) is 0 Å². The number of urea groups is 1. The first-order valence-electron chi connectivity index (χ1n) is 11.8. The van der Waals surface area contributed by atoms with Crippen molar-refractivity contribution in [3.8, 4) is 5.88 Å². The highest BCUT2D eigenvalue weighted by molar-refractivity contribution is 5.94. The van der Waals surface area contributed by atoms with Gasteiger partial charge >= 0.3 is 6.03 Å². The largest absolute Gasteiger partial charge is 0.478 e. The fraction of sp³-hybridized carbons (Fsp3) is 0.609. The van der Waals surface area contributed by atoms with Crippen molar-refractivity contribution in [1.29, 1.82) is 0 Å². The van der Waals surface area contributed by atoms with Crippen LogP contribution in [0.2, 0.25) is 0 Å². The van der Waals surface area contributed by atoms with Crippen LogP contribution >= 0.6 is 0 Å². The summed E-state index contributed by atoms with van der Waals surface area (Å²) < 4.78 is 5.79. The summed E-state index contributed by atoms with van der Waals surface area (Å²) >= 11 is 0. The van der Waals surface area contributed by atoms with Crippen LogP contribution in [0.1, 0.15) is 50.3 Å². The molecule has 1 saturated heterocycles. The van der Waals surface area contributed by atoms with Crippen LogP contribution in [0.3, 0.4) is 0 Å². The summed E-state index contributed by atoms with van der Waals surface area (Å²) in [6.07, 6.45) is 11.1. The zero-order valence-corrected chi connectivity index (χ0v) is 18.6. The molecule has 3 amide bonds. The highest BCUT2D eigenvalue weighted by Crippen LogP contribution is 2.26. The van der Waals surface area contributed by atoms with Gasteiger partial charge in [-0.25, -0.2) is 9.78 Å². The van der Waals surface area contributed by atoms with Crippen molar-refractivity contribution in [2.45, 2.75) is 38.5 Å². The standard InChI is InChI=1S/C23H34N6O3.H2/c30-22(19-6-7-21(26-16-19)32-15-8-18-4-2-1-3-5-18)28-11-13-29(14-12-28)23(31)27-20-17-24-9-10-25-20;/h6-7,16-18,24-25H,1-5,8-15H2,(H,27,31);1H. The molecule has 3 N–H and O–H groups in total. The molecular weight excluding hydrogens is 408 g/mol. The number of aromatic nitrogens is 1. The van der Waals surface area contributed by atoms with E-state index in [1.165, 1.54) is 32.1 Å². The van der Waals surface area contributed by atoms with E-state index >= 15 is 0 Å². The monoisotopic (exact) mass is 444 g/mol. The number of nitrogens with zero attached hydrogens (tertiary/aromatic N) is 3. The van der Waals surface area contributed by atoms with Crippen molar-refractivity contribution in [3.63, 3.8) is 0 Å². The van der Waals surface area contributed by atoms with E-state index in [-0.39, 0.29) is 13.4 Å². The van der Waals surface area contributed by atoms with Gasteiger partial charge in [0.25, 0.3) is 5.91 Å². The van der Waals surface area contributed by atoms with Crippen molar-refractivity contribution in [3.05, 3.63) is 35.9 Å². The van der Waals surface area contributed by atoms with Crippen LogP contribution in [0.25, 0.3) is 0 Å². The molecule has 9 nitrogen and oxygen atoms in total. The van der Waals surface area contributed by atoms with Crippen LogP contribution < -0.4 is 20.7 Å². The molecule has 0 unspecified atom stereocenters. The van der Waals surface area contributed by atoms with Gasteiger partial charge in [-0.1, -0.05) is 32.1 Å². The number of piperazine rings is 1. The smallest absolute Gasteiger partial charge is 0.323 e. The summed E-state index contributed by atoms with van der Waals surface area (Å²) in [5.74, 6) is 1.95. The number of nitrogens with one attached hydrogen (secondary N) is 3. The summed E-state index contributed by atoms with van der Waals surface area (Å²) in [5.41, 5.74) is 0.546. The third kappa shape index (κ3) is 6.05. The first-order chi connectivity index (χ1) is 15.7. The minimum Gasteiger partial charge on any atom is -0.478 e. The van der Waals surface area contributed by atoms with E-state index in [0.29, 0.717) is 50.1 Å². The Morgan fingerprint density at radius 1 is 1.09 bits per heavy atom. The molecule has 1 aromatic rings. The second-order valence-electron chi connectivity index (χ2n) is 8.67. The molecule has 9 heteroatoms. The zero-order valence-electron chi connectivity index (χ0n) is 18.6. The number of amides is 3. The maximum atomic E-state index is 12.8. The molecule has 176 valence electrons. The number of ether oxygens (including phenoxy) is 1. The quantitative estimate of drug-likeness (QED) is 0.622. The Balaban J connectivity index is 0.00000306. The van der Waals surface area contributed by atoms with E-state index in [0.717, 1.165) is 25.4 Å². The summed E-state index contributed by atoms with van der Waals surface area (Å²) in [7, 11) is 0. The van der Waals surface area contributed by atoms with Gasteiger partial charge in [-0.15, -0.1) is 0 Å². The van der Waals surface area contributed by atoms with Crippen LogP contribution in [0.4, 0.5) is 4.79 Å². The van der Waals surface area contributed by atoms with Gasteiger partial charge in [0.1, 0.15) is 5.82 Å². The van der Waals surface area contributed by atoms with Crippen molar-refractivity contribution >= 4 is 11.9 Å². The van der Waals surface area contributed by atoms with E-state index in [4.69, 9.17) is 4.74 Å². The average molecular weight is 445 g/mol. The second-order valence-corrected chi connectivity index (χ2v) is 8.67. The summed E-state index contributed by atoms with van der Waals surface area (Å²) in [5, 5.41) is 9.07. The molecule has 1 saturated carbocycles. The molecule has 2 aliphatic heterocycles. The predicted molar refractivity (Wildman–Crippen MR) is 123 cm³/mol. The maximum absolute atomic E-state index is 12.8. The Kier molecular flexibility index (Phi) is 7.68. The number of pyridine rings is 1. The van der Waals surface area contributed by atoms with Gasteiger partial charge in [-0.05, 0) is 18.4 Å². The topological polar surface area (TPSA) is 98.8 Å². The first kappa shape index (κ1) is 22.2. The molecular formula is C23H36N6O3. The Labute approximate surface area is 191 Å². The number of hydrogen-bond donors (Lipinski definition) is 3. The second kappa shape index (κ2) is 11.1. The van der Waals surface area contributed by atoms with E-state index in [2.05, 4.69) is 20.9 Å². The molecule has 0 aromatic carbocycles. The van der Waals surface area contributed by atoms with Crippen molar-refractivity contribution < 1.29 is 15.8 Å². The van der Waals surface area contributed by atoms with E-state index in [1.54, 1.807) is 34.3 Å². The highest BCUT2D eigenvalue weighted by atomic mass is 16.5.